The summed E-state index contributed by atoms with van der Waals surface area (Å²) in [5.74, 6) is 0.675. The first-order valence-corrected chi connectivity index (χ1v) is 9.56. The molecule has 0 bridgehead atoms. The Labute approximate surface area is 138 Å². The van der Waals surface area contributed by atoms with E-state index in [0.29, 0.717) is 5.92 Å². The Morgan fingerprint density at radius 1 is 1.29 bits per heavy atom. The Hall–Kier alpha value is -0.0900. The highest BCUT2D eigenvalue weighted by molar-refractivity contribution is 7.16. The molecule has 2 unspecified atom stereocenters. The third-order valence-corrected chi connectivity index (χ3v) is 5.63. The van der Waals surface area contributed by atoms with Gasteiger partial charge in [-0.1, -0.05) is 37.8 Å². The molecule has 1 aliphatic carbocycles. The molecule has 2 nitrogen and oxygen atoms in total. The van der Waals surface area contributed by atoms with Crippen LogP contribution in [-0.4, -0.2) is 19.3 Å². The molecule has 1 aromatic heterocycles. The largest absolute Gasteiger partial charge is 0.376 e. The minimum absolute atomic E-state index is 0.275. The first-order valence-electron chi connectivity index (χ1n) is 8.36. The molecule has 0 spiro atoms. The zero-order valence-electron chi connectivity index (χ0n) is 13.2. The van der Waals surface area contributed by atoms with Crippen LogP contribution in [0.2, 0.25) is 4.34 Å². The van der Waals surface area contributed by atoms with E-state index in [1.807, 2.05) is 6.07 Å². The molecule has 0 aromatic carbocycles. The van der Waals surface area contributed by atoms with E-state index in [-0.39, 0.29) is 12.1 Å². The predicted octanol–water partition coefficient (Wildman–Crippen LogP) is 5.43. The lowest BCUT2D eigenvalue weighted by Crippen LogP contribution is -2.39. The number of thiophene rings is 1. The van der Waals surface area contributed by atoms with Crippen molar-refractivity contribution >= 4 is 22.9 Å². The highest BCUT2D eigenvalue weighted by Crippen LogP contribution is 2.37. The molecule has 1 fully saturated rings. The van der Waals surface area contributed by atoms with Crippen molar-refractivity contribution in [1.82, 2.24) is 5.32 Å². The van der Waals surface area contributed by atoms with Crippen LogP contribution in [0.4, 0.5) is 0 Å². The van der Waals surface area contributed by atoms with Crippen molar-refractivity contribution in [3.05, 3.63) is 21.3 Å². The van der Waals surface area contributed by atoms with Gasteiger partial charge in [0.1, 0.15) is 0 Å². The molecule has 1 aromatic rings. The number of ether oxygens (including phenoxy) is 1. The van der Waals surface area contributed by atoms with E-state index in [0.717, 1.165) is 23.9 Å². The maximum atomic E-state index is 6.21. The molecule has 4 heteroatoms. The van der Waals surface area contributed by atoms with Gasteiger partial charge in [-0.05, 0) is 50.8 Å². The molecule has 0 saturated heterocycles. The molecule has 0 aliphatic heterocycles. The second-order valence-electron chi connectivity index (χ2n) is 5.89. The van der Waals surface area contributed by atoms with Crippen LogP contribution in [0.15, 0.2) is 12.1 Å². The van der Waals surface area contributed by atoms with Gasteiger partial charge in [-0.15, -0.1) is 11.3 Å². The second kappa shape index (κ2) is 9.14. The topological polar surface area (TPSA) is 21.3 Å². The van der Waals surface area contributed by atoms with Gasteiger partial charge in [0.2, 0.25) is 0 Å². The van der Waals surface area contributed by atoms with Gasteiger partial charge < -0.3 is 10.1 Å². The van der Waals surface area contributed by atoms with Gasteiger partial charge in [-0.25, -0.2) is 0 Å². The molecule has 1 aliphatic rings. The molecule has 1 N–H and O–H groups in total. The van der Waals surface area contributed by atoms with Crippen LogP contribution in [0.3, 0.4) is 0 Å². The summed E-state index contributed by atoms with van der Waals surface area (Å²) in [6.07, 6.45) is 8.09. The van der Waals surface area contributed by atoms with E-state index >= 15 is 0 Å². The fraction of sp³-hybridized carbons (Fsp3) is 0.765. The van der Waals surface area contributed by atoms with Crippen molar-refractivity contribution in [2.75, 3.05) is 13.2 Å². The highest BCUT2D eigenvalue weighted by atomic mass is 35.5. The van der Waals surface area contributed by atoms with Gasteiger partial charge >= 0.3 is 0 Å². The van der Waals surface area contributed by atoms with Crippen molar-refractivity contribution < 1.29 is 4.74 Å². The van der Waals surface area contributed by atoms with Crippen LogP contribution in [0.25, 0.3) is 0 Å². The summed E-state index contributed by atoms with van der Waals surface area (Å²) in [4.78, 5) is 1.32. The van der Waals surface area contributed by atoms with E-state index in [9.17, 15) is 0 Å². The van der Waals surface area contributed by atoms with Crippen LogP contribution in [0.5, 0.6) is 0 Å². The lowest BCUT2D eigenvalue weighted by molar-refractivity contribution is -0.0175. The molecule has 1 heterocycles. The molecule has 0 radical (unpaired) electrons. The Kier molecular flexibility index (Phi) is 7.51. The zero-order chi connectivity index (χ0) is 15.1. The Bertz CT molecular complexity index is 403. The summed E-state index contributed by atoms with van der Waals surface area (Å²) in [5.41, 5.74) is 0. The summed E-state index contributed by atoms with van der Waals surface area (Å²) in [7, 11) is 0. The Morgan fingerprint density at radius 2 is 2.05 bits per heavy atom. The lowest BCUT2D eigenvalue weighted by Gasteiger charge is -2.35. The van der Waals surface area contributed by atoms with Crippen LogP contribution < -0.4 is 5.32 Å². The monoisotopic (exact) mass is 329 g/mol. The van der Waals surface area contributed by atoms with Crippen molar-refractivity contribution in [3.63, 3.8) is 0 Å². The SMILES string of the molecule is CCCNC(c1ccc(Cl)s1)C(OCC)C1CCCCC1. The van der Waals surface area contributed by atoms with Gasteiger partial charge in [0.15, 0.2) is 0 Å². The molecule has 120 valence electrons. The maximum absolute atomic E-state index is 6.21. The first-order chi connectivity index (χ1) is 10.3. The fourth-order valence-corrected chi connectivity index (χ4v) is 4.51. The molecule has 1 saturated carbocycles. The van der Waals surface area contributed by atoms with Gasteiger partial charge in [-0.3, -0.25) is 0 Å². The van der Waals surface area contributed by atoms with Crippen LogP contribution in [0.1, 0.15) is 63.3 Å². The average Bonchev–Trinajstić information content (AvgIpc) is 2.94. The van der Waals surface area contributed by atoms with Crippen molar-refractivity contribution in [2.24, 2.45) is 5.92 Å². The summed E-state index contributed by atoms with van der Waals surface area (Å²) in [6.45, 7) is 6.12. The minimum Gasteiger partial charge on any atom is -0.376 e. The van der Waals surface area contributed by atoms with Crippen LogP contribution in [-0.2, 0) is 4.74 Å². The van der Waals surface area contributed by atoms with Gasteiger partial charge in [0.05, 0.1) is 16.5 Å². The number of halogens is 1. The quantitative estimate of drug-likeness (QED) is 0.686. The number of rotatable bonds is 8. The van der Waals surface area contributed by atoms with Crippen LogP contribution >= 0.6 is 22.9 Å². The van der Waals surface area contributed by atoms with Gasteiger partial charge in [0, 0.05) is 11.5 Å². The van der Waals surface area contributed by atoms with E-state index in [2.05, 4.69) is 25.2 Å². The predicted molar refractivity (Wildman–Crippen MR) is 92.4 cm³/mol. The van der Waals surface area contributed by atoms with Crippen LogP contribution in [0, 0.1) is 5.92 Å². The zero-order valence-corrected chi connectivity index (χ0v) is 14.8. The normalized spacial score (nSPS) is 19.6. The van der Waals surface area contributed by atoms with Gasteiger partial charge in [-0.2, -0.15) is 0 Å². The average molecular weight is 330 g/mol. The van der Waals surface area contributed by atoms with E-state index in [1.54, 1.807) is 11.3 Å². The molecule has 2 atom stereocenters. The molecule has 0 amide bonds. The maximum Gasteiger partial charge on any atom is 0.0931 e. The third-order valence-electron chi connectivity index (χ3n) is 4.32. The standard InChI is InChI=1S/C17H28ClNOS/c1-3-12-19-16(14-10-11-15(18)21-14)17(20-4-2)13-8-6-5-7-9-13/h10-11,13,16-17,19H,3-9,12H2,1-2H3. The number of nitrogens with one attached hydrogen (secondary N) is 1. The smallest absolute Gasteiger partial charge is 0.0931 e. The molecule has 2 rings (SSSR count). The number of hydrogen-bond acceptors (Lipinski definition) is 3. The van der Waals surface area contributed by atoms with Crippen molar-refractivity contribution in [1.29, 1.82) is 0 Å². The third kappa shape index (κ3) is 4.95. The molecule has 21 heavy (non-hydrogen) atoms. The van der Waals surface area contributed by atoms with E-state index in [1.165, 1.54) is 37.0 Å². The summed E-state index contributed by atoms with van der Waals surface area (Å²) >= 11 is 7.84. The first kappa shape index (κ1) is 17.3. The highest BCUT2D eigenvalue weighted by Gasteiger charge is 2.32. The number of hydrogen-bond donors (Lipinski definition) is 1. The fourth-order valence-electron chi connectivity index (χ4n) is 3.33. The van der Waals surface area contributed by atoms with Crippen molar-refractivity contribution in [2.45, 2.75) is 64.5 Å². The van der Waals surface area contributed by atoms with E-state index in [4.69, 9.17) is 16.3 Å². The van der Waals surface area contributed by atoms with Crippen molar-refractivity contribution in [3.8, 4) is 0 Å². The summed E-state index contributed by atoms with van der Waals surface area (Å²) in [6, 6.07) is 4.45. The Balaban J connectivity index is 2.16. The Morgan fingerprint density at radius 3 is 2.62 bits per heavy atom. The lowest BCUT2D eigenvalue weighted by atomic mass is 9.82. The minimum atomic E-state index is 0.275. The molecular formula is C17H28ClNOS. The molecular weight excluding hydrogens is 302 g/mol. The second-order valence-corrected chi connectivity index (χ2v) is 7.64. The summed E-state index contributed by atoms with van der Waals surface area (Å²) in [5, 5.41) is 3.71. The van der Waals surface area contributed by atoms with E-state index < -0.39 is 0 Å². The van der Waals surface area contributed by atoms with Gasteiger partial charge in [0.25, 0.3) is 0 Å². The summed E-state index contributed by atoms with van der Waals surface area (Å²) < 4.78 is 7.07.